The summed E-state index contributed by atoms with van der Waals surface area (Å²) in [5.41, 5.74) is 0. The zero-order valence-corrected chi connectivity index (χ0v) is 9.53. The zero-order valence-electron chi connectivity index (χ0n) is 9.53. The molecule has 0 spiro atoms. The molecule has 2 unspecified atom stereocenters. The number of carbonyl (C=O) groups excluding carboxylic acids is 1. The van der Waals surface area contributed by atoms with E-state index in [-0.39, 0.29) is 12.2 Å². The van der Waals surface area contributed by atoms with E-state index in [9.17, 15) is 4.79 Å². The molecule has 0 aliphatic carbocycles. The normalized spacial score (nSPS) is 30.6. The lowest BCUT2D eigenvalue weighted by molar-refractivity contribution is 0.121. The third-order valence-corrected chi connectivity index (χ3v) is 3.23. The Hall–Kier alpha value is -0.770. The molecule has 4 nitrogen and oxygen atoms in total. The first-order valence-electron chi connectivity index (χ1n) is 5.86. The van der Waals surface area contributed by atoms with Crippen molar-refractivity contribution in [2.24, 2.45) is 5.92 Å². The van der Waals surface area contributed by atoms with E-state index in [0.717, 1.165) is 32.5 Å². The number of carbonyl (C=O) groups is 1. The van der Waals surface area contributed by atoms with Crippen LogP contribution in [0.15, 0.2) is 0 Å². The molecule has 0 aromatic carbocycles. The molecule has 0 saturated carbocycles. The molecule has 15 heavy (non-hydrogen) atoms. The topological polar surface area (TPSA) is 41.6 Å². The van der Waals surface area contributed by atoms with Crippen molar-refractivity contribution in [3.8, 4) is 0 Å². The summed E-state index contributed by atoms with van der Waals surface area (Å²) in [5.74, 6) is 0.638. The molecule has 2 rings (SSSR count). The van der Waals surface area contributed by atoms with Gasteiger partial charge >= 0.3 is 6.09 Å². The zero-order chi connectivity index (χ0) is 10.8. The molecule has 2 aliphatic rings. The second kappa shape index (κ2) is 4.39. The van der Waals surface area contributed by atoms with Crippen LogP contribution in [0.25, 0.3) is 0 Å². The smallest absolute Gasteiger partial charge is 0.410 e. The van der Waals surface area contributed by atoms with Crippen molar-refractivity contribution < 1.29 is 9.53 Å². The van der Waals surface area contributed by atoms with Crippen LogP contribution in [0, 0.1) is 5.92 Å². The average Bonchev–Trinajstić information content (AvgIpc) is 2.50. The number of hydrogen-bond acceptors (Lipinski definition) is 3. The van der Waals surface area contributed by atoms with Gasteiger partial charge in [-0.15, -0.1) is 0 Å². The van der Waals surface area contributed by atoms with Crippen molar-refractivity contribution in [3.05, 3.63) is 0 Å². The predicted octanol–water partition coefficient (Wildman–Crippen LogP) is 1.22. The third-order valence-electron chi connectivity index (χ3n) is 3.23. The van der Waals surface area contributed by atoms with Crippen molar-refractivity contribution in [2.75, 3.05) is 19.6 Å². The quantitative estimate of drug-likeness (QED) is 0.764. The SMILES string of the molecule is CC(C)CCN1C(=O)OC2CNCCC21. The van der Waals surface area contributed by atoms with Gasteiger partial charge in [-0.25, -0.2) is 4.79 Å². The molecule has 1 amide bonds. The molecular formula is C11H20N2O2. The van der Waals surface area contributed by atoms with Gasteiger partial charge in [0.2, 0.25) is 0 Å². The molecule has 2 saturated heterocycles. The number of nitrogens with zero attached hydrogens (tertiary/aromatic N) is 1. The fourth-order valence-corrected chi connectivity index (χ4v) is 2.28. The second-order valence-electron chi connectivity index (χ2n) is 4.86. The molecule has 0 aromatic rings. The van der Waals surface area contributed by atoms with Gasteiger partial charge in [0, 0.05) is 13.1 Å². The molecule has 2 heterocycles. The van der Waals surface area contributed by atoms with Crippen molar-refractivity contribution in [1.82, 2.24) is 10.2 Å². The van der Waals surface area contributed by atoms with Crippen molar-refractivity contribution in [3.63, 3.8) is 0 Å². The number of hydrogen-bond donors (Lipinski definition) is 1. The molecule has 2 fully saturated rings. The highest BCUT2D eigenvalue weighted by atomic mass is 16.6. The van der Waals surface area contributed by atoms with Crippen LogP contribution >= 0.6 is 0 Å². The van der Waals surface area contributed by atoms with Gasteiger partial charge in [-0.1, -0.05) is 13.8 Å². The van der Waals surface area contributed by atoms with Gasteiger partial charge in [0.15, 0.2) is 0 Å². The lowest BCUT2D eigenvalue weighted by atomic mass is 10.0. The Morgan fingerprint density at radius 3 is 3.13 bits per heavy atom. The van der Waals surface area contributed by atoms with Crippen LogP contribution in [0.3, 0.4) is 0 Å². The number of nitrogens with one attached hydrogen (secondary N) is 1. The van der Waals surface area contributed by atoms with E-state index in [4.69, 9.17) is 4.74 Å². The summed E-state index contributed by atoms with van der Waals surface area (Å²) in [4.78, 5) is 13.6. The van der Waals surface area contributed by atoms with E-state index in [0.29, 0.717) is 12.0 Å². The molecule has 2 aliphatic heterocycles. The summed E-state index contributed by atoms with van der Waals surface area (Å²) in [6.45, 7) is 7.02. The standard InChI is InChI=1S/C11H20N2O2/c1-8(2)4-6-13-9-3-5-12-7-10(9)15-11(13)14/h8-10,12H,3-7H2,1-2H3. The molecule has 1 N–H and O–H groups in total. The van der Waals surface area contributed by atoms with Crippen molar-refractivity contribution >= 4 is 6.09 Å². The maximum absolute atomic E-state index is 11.6. The van der Waals surface area contributed by atoms with Gasteiger partial charge in [0.25, 0.3) is 0 Å². The highest BCUT2D eigenvalue weighted by molar-refractivity contribution is 5.70. The van der Waals surface area contributed by atoms with Crippen LogP contribution in [0.1, 0.15) is 26.7 Å². The van der Waals surface area contributed by atoms with Gasteiger partial charge in [-0.05, 0) is 25.3 Å². The van der Waals surface area contributed by atoms with Crippen LogP contribution in [0.2, 0.25) is 0 Å². The minimum Gasteiger partial charge on any atom is -0.443 e. The summed E-state index contributed by atoms with van der Waals surface area (Å²) < 4.78 is 5.33. The van der Waals surface area contributed by atoms with Gasteiger partial charge < -0.3 is 15.0 Å². The summed E-state index contributed by atoms with van der Waals surface area (Å²) in [5, 5.41) is 3.26. The number of fused-ring (bicyclic) bond motifs is 1. The van der Waals surface area contributed by atoms with E-state index in [1.54, 1.807) is 0 Å². The van der Waals surface area contributed by atoms with Crippen LogP contribution in [-0.2, 0) is 4.74 Å². The van der Waals surface area contributed by atoms with E-state index >= 15 is 0 Å². The summed E-state index contributed by atoms with van der Waals surface area (Å²) in [6, 6.07) is 0.317. The Morgan fingerprint density at radius 1 is 1.60 bits per heavy atom. The maximum Gasteiger partial charge on any atom is 0.410 e. The molecule has 0 bridgehead atoms. The number of ether oxygens (including phenoxy) is 1. The Balaban J connectivity index is 1.94. The summed E-state index contributed by atoms with van der Waals surface area (Å²) in [6.07, 6.45) is 2.05. The minimum atomic E-state index is -0.116. The Labute approximate surface area is 91.0 Å². The van der Waals surface area contributed by atoms with Gasteiger partial charge in [-0.3, -0.25) is 0 Å². The number of amides is 1. The minimum absolute atomic E-state index is 0.0819. The van der Waals surface area contributed by atoms with E-state index < -0.39 is 0 Å². The molecule has 2 atom stereocenters. The number of piperidine rings is 1. The highest BCUT2D eigenvalue weighted by Crippen LogP contribution is 2.24. The van der Waals surface area contributed by atoms with Crippen LogP contribution in [0.4, 0.5) is 4.79 Å². The highest BCUT2D eigenvalue weighted by Gasteiger charge is 2.42. The predicted molar refractivity (Wildman–Crippen MR) is 57.7 cm³/mol. The second-order valence-corrected chi connectivity index (χ2v) is 4.86. The third kappa shape index (κ3) is 2.25. The van der Waals surface area contributed by atoms with Crippen LogP contribution < -0.4 is 5.32 Å². The Kier molecular flexibility index (Phi) is 3.14. The van der Waals surface area contributed by atoms with Crippen molar-refractivity contribution in [1.29, 1.82) is 0 Å². The first kappa shape index (κ1) is 10.7. The largest absolute Gasteiger partial charge is 0.443 e. The maximum atomic E-state index is 11.6. The molecule has 0 aromatic heterocycles. The van der Waals surface area contributed by atoms with Crippen molar-refractivity contribution in [2.45, 2.75) is 38.8 Å². The lowest BCUT2D eigenvalue weighted by Gasteiger charge is -2.28. The Morgan fingerprint density at radius 2 is 2.40 bits per heavy atom. The molecular weight excluding hydrogens is 192 g/mol. The monoisotopic (exact) mass is 212 g/mol. The number of rotatable bonds is 3. The van der Waals surface area contributed by atoms with Gasteiger partial charge in [0.1, 0.15) is 6.10 Å². The summed E-state index contributed by atoms with van der Waals surface area (Å²) >= 11 is 0. The fourth-order valence-electron chi connectivity index (χ4n) is 2.28. The first-order valence-corrected chi connectivity index (χ1v) is 5.86. The molecule has 86 valence electrons. The van der Waals surface area contributed by atoms with Gasteiger partial charge in [-0.2, -0.15) is 0 Å². The first-order chi connectivity index (χ1) is 7.18. The average molecular weight is 212 g/mol. The molecule has 0 radical (unpaired) electrons. The van der Waals surface area contributed by atoms with Crippen LogP contribution in [-0.4, -0.2) is 42.8 Å². The summed E-state index contributed by atoms with van der Waals surface area (Å²) in [7, 11) is 0. The Bertz CT molecular complexity index is 243. The van der Waals surface area contributed by atoms with E-state index in [1.807, 2.05) is 4.90 Å². The lowest BCUT2D eigenvalue weighted by Crippen LogP contribution is -2.47. The van der Waals surface area contributed by atoms with Gasteiger partial charge in [0.05, 0.1) is 6.04 Å². The van der Waals surface area contributed by atoms with Crippen LogP contribution in [0.5, 0.6) is 0 Å². The van der Waals surface area contributed by atoms with E-state index in [2.05, 4.69) is 19.2 Å². The molecule has 4 heteroatoms. The van der Waals surface area contributed by atoms with E-state index in [1.165, 1.54) is 0 Å². The fraction of sp³-hybridized carbons (Fsp3) is 0.909.